The smallest absolute Gasteiger partial charge is 0.222 e. The van der Waals surface area contributed by atoms with E-state index in [9.17, 15) is 0 Å². The molecule has 0 aliphatic heterocycles. The molecule has 8 heteroatoms. The van der Waals surface area contributed by atoms with Crippen LogP contribution in [-0.4, -0.2) is 19.5 Å². The third kappa shape index (κ3) is 2.50. The average molecular weight is 360 g/mol. The first-order valence-electron chi connectivity index (χ1n) is 7.08. The molecule has 3 heterocycles. The maximum Gasteiger partial charge on any atom is 0.222 e. The van der Waals surface area contributed by atoms with Gasteiger partial charge in [-0.1, -0.05) is 29.3 Å². The van der Waals surface area contributed by atoms with Gasteiger partial charge in [-0.15, -0.1) is 0 Å². The Hall–Kier alpha value is -2.57. The van der Waals surface area contributed by atoms with Crippen molar-refractivity contribution in [1.82, 2.24) is 19.5 Å². The highest BCUT2D eigenvalue weighted by Gasteiger charge is 2.17. The topological polar surface area (TPSA) is 82.8 Å². The molecule has 3 aromatic heterocycles. The van der Waals surface area contributed by atoms with Gasteiger partial charge in [-0.3, -0.25) is 0 Å². The lowest BCUT2D eigenvalue weighted by molar-refractivity contribution is 0.580. The van der Waals surface area contributed by atoms with Crippen molar-refractivity contribution < 1.29 is 4.42 Å². The van der Waals surface area contributed by atoms with E-state index in [0.29, 0.717) is 39.2 Å². The molecule has 0 aliphatic rings. The molecular weight excluding hydrogens is 349 g/mol. The van der Waals surface area contributed by atoms with Gasteiger partial charge in [0.1, 0.15) is 11.2 Å². The van der Waals surface area contributed by atoms with Crippen LogP contribution >= 0.6 is 23.2 Å². The maximum atomic E-state index is 6.25. The molecule has 0 bridgehead atoms. The minimum absolute atomic E-state index is 0.140. The summed E-state index contributed by atoms with van der Waals surface area (Å²) in [6, 6.07) is 8.96. The van der Waals surface area contributed by atoms with E-state index in [1.165, 1.54) is 0 Å². The van der Waals surface area contributed by atoms with Crippen molar-refractivity contribution in [2.75, 3.05) is 5.73 Å². The molecule has 0 unspecified atom stereocenters. The normalized spacial score (nSPS) is 11.2. The number of halogens is 2. The molecule has 0 amide bonds. The molecule has 0 radical (unpaired) electrons. The Morgan fingerprint density at radius 2 is 1.88 bits per heavy atom. The van der Waals surface area contributed by atoms with E-state index in [1.807, 2.05) is 4.57 Å². The number of hydrogen-bond donors (Lipinski definition) is 1. The van der Waals surface area contributed by atoms with Crippen molar-refractivity contribution >= 4 is 40.3 Å². The molecule has 0 saturated carbocycles. The fraction of sp³-hybridized carbons (Fsp3) is 0.0625. The molecule has 0 fully saturated rings. The SMILES string of the molecule is Nc1nc(-c2ccco2)c2ncn(Cc3c(Cl)cccc3Cl)c2n1. The molecule has 6 nitrogen and oxygen atoms in total. The Morgan fingerprint density at radius 1 is 1.08 bits per heavy atom. The Bertz CT molecular complexity index is 1010. The van der Waals surface area contributed by atoms with E-state index < -0.39 is 0 Å². The summed E-state index contributed by atoms with van der Waals surface area (Å²) in [4.78, 5) is 13.0. The van der Waals surface area contributed by atoms with Crippen LogP contribution in [0.5, 0.6) is 0 Å². The van der Waals surface area contributed by atoms with E-state index in [0.717, 1.165) is 5.56 Å². The molecule has 1 aromatic carbocycles. The predicted molar refractivity (Wildman–Crippen MR) is 93.0 cm³/mol. The van der Waals surface area contributed by atoms with Crippen LogP contribution < -0.4 is 5.73 Å². The van der Waals surface area contributed by atoms with Crippen LogP contribution in [0.3, 0.4) is 0 Å². The van der Waals surface area contributed by atoms with Gasteiger partial charge in [-0.25, -0.2) is 9.97 Å². The van der Waals surface area contributed by atoms with Gasteiger partial charge in [0.25, 0.3) is 0 Å². The number of imidazole rings is 1. The summed E-state index contributed by atoms with van der Waals surface area (Å²) in [7, 11) is 0. The van der Waals surface area contributed by atoms with Crippen molar-refractivity contribution in [2.24, 2.45) is 0 Å². The minimum Gasteiger partial charge on any atom is -0.463 e. The fourth-order valence-corrected chi connectivity index (χ4v) is 3.03. The van der Waals surface area contributed by atoms with Crippen LogP contribution in [0.4, 0.5) is 5.95 Å². The monoisotopic (exact) mass is 359 g/mol. The number of nitrogens with two attached hydrogens (primary N) is 1. The number of rotatable bonds is 3. The van der Waals surface area contributed by atoms with Crippen LogP contribution in [0.25, 0.3) is 22.6 Å². The highest BCUT2D eigenvalue weighted by Crippen LogP contribution is 2.29. The van der Waals surface area contributed by atoms with Crippen LogP contribution in [0.1, 0.15) is 5.56 Å². The third-order valence-corrected chi connectivity index (χ3v) is 4.33. The lowest BCUT2D eigenvalue weighted by Gasteiger charge is -2.08. The van der Waals surface area contributed by atoms with Crippen LogP contribution in [0.2, 0.25) is 10.0 Å². The lowest BCUT2D eigenvalue weighted by Crippen LogP contribution is -2.04. The number of aromatic nitrogens is 4. The summed E-state index contributed by atoms with van der Waals surface area (Å²) in [6.45, 7) is 0.420. The van der Waals surface area contributed by atoms with Crippen molar-refractivity contribution in [3.8, 4) is 11.5 Å². The van der Waals surface area contributed by atoms with Gasteiger partial charge in [0.2, 0.25) is 5.95 Å². The van der Waals surface area contributed by atoms with Gasteiger partial charge in [-0.05, 0) is 24.3 Å². The number of hydrogen-bond acceptors (Lipinski definition) is 5. The Balaban J connectivity index is 1.87. The third-order valence-electron chi connectivity index (χ3n) is 3.63. The van der Waals surface area contributed by atoms with E-state index in [4.69, 9.17) is 33.4 Å². The largest absolute Gasteiger partial charge is 0.463 e. The molecule has 120 valence electrons. The molecule has 4 rings (SSSR count). The summed E-state index contributed by atoms with van der Waals surface area (Å²) in [5.74, 6) is 0.719. The van der Waals surface area contributed by atoms with E-state index in [-0.39, 0.29) is 5.95 Å². The molecule has 24 heavy (non-hydrogen) atoms. The summed E-state index contributed by atoms with van der Waals surface area (Å²) in [5, 5.41) is 1.16. The highest BCUT2D eigenvalue weighted by atomic mass is 35.5. The first kappa shape index (κ1) is 15.0. The molecule has 0 aliphatic carbocycles. The van der Waals surface area contributed by atoms with Gasteiger partial charge >= 0.3 is 0 Å². The van der Waals surface area contributed by atoms with Crippen molar-refractivity contribution in [3.63, 3.8) is 0 Å². The van der Waals surface area contributed by atoms with Gasteiger partial charge in [0.15, 0.2) is 11.4 Å². The number of nitrogen functional groups attached to an aromatic ring is 1. The zero-order valence-corrected chi connectivity index (χ0v) is 13.8. The molecular formula is C16H11Cl2N5O. The zero-order chi connectivity index (χ0) is 16.7. The molecule has 0 spiro atoms. The molecule has 0 atom stereocenters. The Labute approximate surface area is 146 Å². The number of anilines is 1. The fourth-order valence-electron chi connectivity index (χ4n) is 2.52. The second-order valence-corrected chi connectivity index (χ2v) is 5.97. The van der Waals surface area contributed by atoms with Crippen LogP contribution in [-0.2, 0) is 6.54 Å². The first-order chi connectivity index (χ1) is 11.6. The predicted octanol–water partition coefficient (Wildman–Crippen LogP) is 4.02. The molecule has 4 aromatic rings. The second kappa shape index (κ2) is 5.81. The van der Waals surface area contributed by atoms with Crippen molar-refractivity contribution in [2.45, 2.75) is 6.54 Å². The summed E-state index contributed by atoms with van der Waals surface area (Å²) in [6.07, 6.45) is 3.23. The van der Waals surface area contributed by atoms with Crippen molar-refractivity contribution in [1.29, 1.82) is 0 Å². The van der Waals surface area contributed by atoms with Crippen LogP contribution in [0, 0.1) is 0 Å². The van der Waals surface area contributed by atoms with E-state index in [2.05, 4.69) is 15.0 Å². The minimum atomic E-state index is 0.140. The number of nitrogens with zero attached hydrogens (tertiary/aromatic N) is 4. The average Bonchev–Trinajstić information content (AvgIpc) is 3.20. The number of fused-ring (bicyclic) bond motifs is 1. The van der Waals surface area contributed by atoms with E-state index in [1.54, 1.807) is 42.9 Å². The standard InChI is InChI=1S/C16H11Cl2N5O/c17-10-3-1-4-11(18)9(10)7-23-8-20-14-13(12-5-2-6-24-12)21-16(19)22-15(14)23/h1-6,8H,7H2,(H2,19,21,22). The Morgan fingerprint density at radius 3 is 2.58 bits per heavy atom. The number of benzene rings is 1. The summed E-state index contributed by atoms with van der Waals surface area (Å²) >= 11 is 12.5. The Kier molecular flexibility index (Phi) is 3.63. The second-order valence-electron chi connectivity index (χ2n) is 5.15. The molecule has 0 saturated heterocycles. The van der Waals surface area contributed by atoms with Gasteiger partial charge < -0.3 is 14.7 Å². The maximum absolute atomic E-state index is 6.25. The van der Waals surface area contributed by atoms with Gasteiger partial charge in [0, 0.05) is 15.6 Å². The quantitative estimate of drug-likeness (QED) is 0.597. The number of furan rings is 1. The van der Waals surface area contributed by atoms with E-state index >= 15 is 0 Å². The summed E-state index contributed by atoms with van der Waals surface area (Å²) < 4.78 is 7.24. The lowest BCUT2D eigenvalue weighted by atomic mass is 10.2. The first-order valence-corrected chi connectivity index (χ1v) is 7.84. The van der Waals surface area contributed by atoms with Crippen LogP contribution in [0.15, 0.2) is 47.3 Å². The highest BCUT2D eigenvalue weighted by molar-refractivity contribution is 6.36. The molecule has 2 N–H and O–H groups in total. The zero-order valence-electron chi connectivity index (χ0n) is 12.3. The van der Waals surface area contributed by atoms with Crippen molar-refractivity contribution in [3.05, 3.63) is 58.5 Å². The van der Waals surface area contributed by atoms with Gasteiger partial charge in [0.05, 0.1) is 19.1 Å². The van der Waals surface area contributed by atoms with Gasteiger partial charge in [-0.2, -0.15) is 4.98 Å². The summed E-state index contributed by atoms with van der Waals surface area (Å²) in [5.41, 5.74) is 8.38.